The van der Waals surface area contributed by atoms with Gasteiger partial charge < -0.3 is 15.5 Å². The van der Waals surface area contributed by atoms with E-state index in [2.05, 4.69) is 61.4 Å². The zero-order valence-corrected chi connectivity index (χ0v) is 15.0. The lowest BCUT2D eigenvalue weighted by molar-refractivity contribution is 0.368. The number of nitrogens with two attached hydrogens (primary N) is 1. The van der Waals surface area contributed by atoms with E-state index in [0.29, 0.717) is 0 Å². The van der Waals surface area contributed by atoms with Crippen molar-refractivity contribution in [3.63, 3.8) is 0 Å². The molecule has 1 saturated heterocycles. The van der Waals surface area contributed by atoms with Crippen molar-refractivity contribution in [1.29, 1.82) is 0 Å². The van der Waals surface area contributed by atoms with Crippen molar-refractivity contribution in [3.8, 4) is 0 Å². The summed E-state index contributed by atoms with van der Waals surface area (Å²) in [6.45, 7) is 14.8. The third kappa shape index (κ3) is 3.25. The molecule has 0 aliphatic carbocycles. The fourth-order valence-electron chi connectivity index (χ4n) is 3.56. The molecule has 24 heavy (non-hydrogen) atoms. The van der Waals surface area contributed by atoms with Gasteiger partial charge in [-0.3, -0.25) is 0 Å². The van der Waals surface area contributed by atoms with Crippen LogP contribution in [0.3, 0.4) is 0 Å². The summed E-state index contributed by atoms with van der Waals surface area (Å²) in [6, 6.07) is 12.8. The summed E-state index contributed by atoms with van der Waals surface area (Å²) in [7, 11) is 0. The molecule has 0 saturated carbocycles. The fraction of sp³-hybridized carbons (Fsp3) is 0.333. The summed E-state index contributed by atoms with van der Waals surface area (Å²) >= 11 is 0. The van der Waals surface area contributed by atoms with Gasteiger partial charge in [-0.05, 0) is 50.1 Å². The lowest BCUT2D eigenvalue weighted by Gasteiger charge is -2.39. The van der Waals surface area contributed by atoms with Gasteiger partial charge in [-0.25, -0.2) is 0 Å². The van der Waals surface area contributed by atoms with Crippen LogP contribution >= 0.6 is 0 Å². The van der Waals surface area contributed by atoms with E-state index >= 15 is 0 Å². The number of piperazine rings is 1. The first-order valence-corrected chi connectivity index (χ1v) is 8.58. The normalized spacial score (nSPS) is 14.8. The molecule has 0 amide bonds. The van der Waals surface area contributed by atoms with Crippen LogP contribution < -0.4 is 10.6 Å². The van der Waals surface area contributed by atoms with Crippen LogP contribution in [-0.2, 0) is 0 Å². The van der Waals surface area contributed by atoms with Crippen LogP contribution in [0.15, 0.2) is 43.0 Å². The molecule has 3 rings (SSSR count). The lowest BCUT2D eigenvalue weighted by atomic mass is 10.0. The van der Waals surface area contributed by atoms with Gasteiger partial charge in [0.25, 0.3) is 0 Å². The van der Waals surface area contributed by atoms with Crippen molar-refractivity contribution in [1.82, 2.24) is 4.90 Å². The first-order valence-electron chi connectivity index (χ1n) is 8.58. The van der Waals surface area contributed by atoms with Crippen LogP contribution in [0.1, 0.15) is 22.3 Å². The highest BCUT2D eigenvalue weighted by molar-refractivity contribution is 5.67. The van der Waals surface area contributed by atoms with Gasteiger partial charge in [0.1, 0.15) is 0 Å². The first kappa shape index (κ1) is 16.4. The predicted molar refractivity (Wildman–Crippen MR) is 104 cm³/mol. The van der Waals surface area contributed by atoms with Gasteiger partial charge in [0.05, 0.1) is 0 Å². The third-order valence-corrected chi connectivity index (χ3v) is 4.92. The quantitative estimate of drug-likeness (QED) is 0.868. The second-order valence-electron chi connectivity index (χ2n) is 6.79. The molecule has 0 aromatic heterocycles. The Balaban J connectivity index is 1.69. The average molecular weight is 321 g/mol. The molecule has 0 atom stereocenters. The topological polar surface area (TPSA) is 32.5 Å². The number of rotatable bonds is 3. The number of hydrogen-bond donors (Lipinski definition) is 1. The number of nitrogens with zero attached hydrogens (tertiary/aromatic N) is 2. The molecule has 1 aliphatic rings. The minimum atomic E-state index is 0.809. The Morgan fingerprint density at radius 1 is 0.917 bits per heavy atom. The maximum atomic E-state index is 5.86. The van der Waals surface area contributed by atoms with E-state index in [1.807, 2.05) is 12.1 Å². The molecule has 3 nitrogen and oxygen atoms in total. The SMILES string of the molecule is C=C(c1ccc(N)cc1C)N1CCN(c2ccc(C)cc2C)CC1. The van der Waals surface area contributed by atoms with Crippen molar-refractivity contribution in [2.24, 2.45) is 0 Å². The van der Waals surface area contributed by atoms with Crippen LogP contribution in [0, 0.1) is 20.8 Å². The first-order chi connectivity index (χ1) is 11.5. The number of hydrogen-bond acceptors (Lipinski definition) is 3. The van der Waals surface area contributed by atoms with Crippen LogP contribution in [0.5, 0.6) is 0 Å². The van der Waals surface area contributed by atoms with E-state index in [1.54, 1.807) is 0 Å². The third-order valence-electron chi connectivity index (χ3n) is 4.92. The van der Waals surface area contributed by atoms with Crippen LogP contribution in [0.25, 0.3) is 5.70 Å². The van der Waals surface area contributed by atoms with Gasteiger partial charge >= 0.3 is 0 Å². The molecule has 2 aromatic rings. The van der Waals surface area contributed by atoms with Gasteiger partial charge in [0.2, 0.25) is 0 Å². The molecule has 0 bridgehead atoms. The molecule has 1 fully saturated rings. The van der Waals surface area contributed by atoms with E-state index < -0.39 is 0 Å². The maximum absolute atomic E-state index is 5.86. The van der Waals surface area contributed by atoms with E-state index in [-0.39, 0.29) is 0 Å². The number of anilines is 2. The Morgan fingerprint density at radius 3 is 2.25 bits per heavy atom. The minimum absolute atomic E-state index is 0.809. The Morgan fingerprint density at radius 2 is 1.62 bits per heavy atom. The monoisotopic (exact) mass is 321 g/mol. The molecule has 2 aromatic carbocycles. The summed E-state index contributed by atoms with van der Waals surface area (Å²) in [4.78, 5) is 4.87. The average Bonchev–Trinajstić information content (AvgIpc) is 2.54. The summed E-state index contributed by atoms with van der Waals surface area (Å²) in [5.41, 5.74) is 14.2. The van der Waals surface area contributed by atoms with Gasteiger partial charge in [0.15, 0.2) is 0 Å². The molecule has 3 heteroatoms. The lowest BCUT2D eigenvalue weighted by Crippen LogP contribution is -2.45. The minimum Gasteiger partial charge on any atom is -0.399 e. The highest BCUT2D eigenvalue weighted by Gasteiger charge is 2.20. The highest BCUT2D eigenvalue weighted by atomic mass is 15.3. The number of benzene rings is 2. The van der Waals surface area contributed by atoms with Crippen molar-refractivity contribution in [2.45, 2.75) is 20.8 Å². The van der Waals surface area contributed by atoms with Crippen molar-refractivity contribution >= 4 is 17.1 Å². The van der Waals surface area contributed by atoms with Crippen molar-refractivity contribution in [3.05, 3.63) is 65.2 Å². The number of aryl methyl sites for hydroxylation is 3. The maximum Gasteiger partial charge on any atom is 0.0397 e. The van der Waals surface area contributed by atoms with Crippen LogP contribution in [-0.4, -0.2) is 31.1 Å². The van der Waals surface area contributed by atoms with Gasteiger partial charge in [-0.1, -0.05) is 30.3 Å². The van der Waals surface area contributed by atoms with Crippen molar-refractivity contribution < 1.29 is 0 Å². The Kier molecular flexibility index (Phi) is 4.52. The van der Waals surface area contributed by atoms with E-state index in [4.69, 9.17) is 5.73 Å². The smallest absolute Gasteiger partial charge is 0.0397 e. The Hall–Kier alpha value is -2.42. The summed E-state index contributed by atoms with van der Waals surface area (Å²) < 4.78 is 0. The second-order valence-corrected chi connectivity index (χ2v) is 6.79. The predicted octanol–water partition coefficient (Wildman–Crippen LogP) is 3.99. The number of nitrogen functional groups attached to an aromatic ring is 1. The molecule has 2 N–H and O–H groups in total. The molecule has 1 aliphatic heterocycles. The highest BCUT2D eigenvalue weighted by Crippen LogP contribution is 2.27. The largest absolute Gasteiger partial charge is 0.399 e. The van der Waals surface area contributed by atoms with E-state index in [9.17, 15) is 0 Å². The zero-order chi connectivity index (χ0) is 17.3. The standard InChI is InChI=1S/C21H27N3/c1-15-5-8-21(17(3)13-15)24-11-9-23(10-12-24)18(4)20-7-6-19(22)14-16(20)2/h5-8,13-14H,4,9-12,22H2,1-3H3. The molecular formula is C21H27N3. The van der Waals surface area contributed by atoms with Gasteiger partial charge in [-0.2, -0.15) is 0 Å². The van der Waals surface area contributed by atoms with Gasteiger partial charge in [0, 0.05) is 48.8 Å². The summed E-state index contributed by atoms with van der Waals surface area (Å²) in [5, 5.41) is 0. The van der Waals surface area contributed by atoms with Crippen molar-refractivity contribution in [2.75, 3.05) is 36.8 Å². The molecule has 0 unspecified atom stereocenters. The van der Waals surface area contributed by atoms with Crippen LogP contribution in [0.2, 0.25) is 0 Å². The summed E-state index contributed by atoms with van der Waals surface area (Å²) in [6.07, 6.45) is 0. The summed E-state index contributed by atoms with van der Waals surface area (Å²) in [5.74, 6) is 0. The Bertz CT molecular complexity index is 756. The molecular weight excluding hydrogens is 294 g/mol. The zero-order valence-electron chi connectivity index (χ0n) is 15.0. The Labute approximate surface area is 145 Å². The second kappa shape index (κ2) is 6.60. The van der Waals surface area contributed by atoms with Crippen LogP contribution in [0.4, 0.5) is 11.4 Å². The van der Waals surface area contributed by atoms with E-state index in [0.717, 1.165) is 37.6 Å². The van der Waals surface area contributed by atoms with E-state index in [1.165, 1.54) is 27.9 Å². The fourth-order valence-corrected chi connectivity index (χ4v) is 3.56. The molecule has 0 radical (unpaired) electrons. The van der Waals surface area contributed by atoms with Gasteiger partial charge in [-0.15, -0.1) is 0 Å². The molecule has 126 valence electrons. The molecule has 1 heterocycles. The molecule has 0 spiro atoms.